The van der Waals surface area contributed by atoms with Gasteiger partial charge in [0.2, 0.25) is 0 Å². The van der Waals surface area contributed by atoms with Crippen molar-refractivity contribution in [2.75, 3.05) is 13.2 Å². The fraction of sp³-hybridized carbons (Fsp3) is 0.250. The molecule has 1 atom stereocenters. The number of carbonyl (C=O) groups excluding carboxylic acids is 1. The highest BCUT2D eigenvalue weighted by Gasteiger charge is 2.30. The fourth-order valence-corrected chi connectivity index (χ4v) is 3.76. The Morgan fingerprint density at radius 2 is 1.84 bits per heavy atom. The van der Waals surface area contributed by atoms with E-state index in [4.69, 9.17) is 4.74 Å². The zero-order chi connectivity index (χ0) is 20.1. The predicted octanol–water partition coefficient (Wildman–Crippen LogP) is 5.81. The first kappa shape index (κ1) is 24.6. The number of pyridine rings is 1. The van der Waals surface area contributed by atoms with Gasteiger partial charge >= 0.3 is 0 Å². The van der Waals surface area contributed by atoms with Crippen molar-refractivity contribution in [3.8, 4) is 16.9 Å². The van der Waals surface area contributed by atoms with Crippen LogP contribution in [-0.2, 0) is 0 Å². The summed E-state index contributed by atoms with van der Waals surface area (Å²) in [6, 6.07) is 17.9. The molecule has 0 saturated carbocycles. The van der Waals surface area contributed by atoms with Crippen LogP contribution >= 0.6 is 24.8 Å². The first-order chi connectivity index (χ1) is 14.2. The van der Waals surface area contributed by atoms with Gasteiger partial charge in [0.05, 0.1) is 17.8 Å². The van der Waals surface area contributed by atoms with Gasteiger partial charge in [-0.15, -0.1) is 24.8 Å². The Kier molecular flexibility index (Phi) is 9.28. The van der Waals surface area contributed by atoms with Crippen LogP contribution in [0.2, 0.25) is 0 Å². The molecule has 1 unspecified atom stereocenters. The average Bonchev–Trinajstić information content (AvgIpc) is 2.79. The minimum absolute atomic E-state index is 0. The van der Waals surface area contributed by atoms with Crippen LogP contribution in [0.3, 0.4) is 0 Å². The third kappa shape index (κ3) is 5.75. The Labute approximate surface area is 194 Å². The van der Waals surface area contributed by atoms with Gasteiger partial charge < -0.3 is 9.64 Å². The molecule has 1 saturated heterocycles. The van der Waals surface area contributed by atoms with E-state index in [0.717, 1.165) is 24.8 Å². The molecule has 7 heteroatoms. The van der Waals surface area contributed by atoms with Crippen LogP contribution in [-0.4, -0.2) is 35.0 Å². The van der Waals surface area contributed by atoms with Gasteiger partial charge in [0.1, 0.15) is 18.2 Å². The van der Waals surface area contributed by atoms with Crippen LogP contribution in [0.4, 0.5) is 4.39 Å². The quantitative estimate of drug-likeness (QED) is 0.480. The lowest BCUT2D eigenvalue weighted by Gasteiger charge is -2.35. The summed E-state index contributed by atoms with van der Waals surface area (Å²) in [6.07, 6.45) is 6.11. The lowest BCUT2D eigenvalue weighted by molar-refractivity contribution is 0.0523. The SMILES string of the molecule is Cl.Cl.O=C(c1cccc(-c2ccccc2)c1F)N1CCCCC1COc1cccnc1. The topological polar surface area (TPSA) is 42.4 Å². The van der Waals surface area contributed by atoms with E-state index < -0.39 is 5.82 Å². The van der Waals surface area contributed by atoms with Crippen molar-refractivity contribution in [1.82, 2.24) is 9.88 Å². The van der Waals surface area contributed by atoms with E-state index in [2.05, 4.69) is 4.98 Å². The highest BCUT2D eigenvalue weighted by Crippen LogP contribution is 2.27. The van der Waals surface area contributed by atoms with E-state index in [0.29, 0.717) is 24.5 Å². The molecule has 1 amide bonds. The molecule has 0 spiro atoms. The number of ether oxygens (including phenoxy) is 1. The number of benzene rings is 2. The van der Waals surface area contributed by atoms with E-state index in [9.17, 15) is 4.79 Å². The highest BCUT2D eigenvalue weighted by molar-refractivity contribution is 5.96. The van der Waals surface area contributed by atoms with E-state index >= 15 is 4.39 Å². The summed E-state index contributed by atoms with van der Waals surface area (Å²) < 4.78 is 21.1. The molecule has 2 aromatic carbocycles. The summed E-state index contributed by atoms with van der Waals surface area (Å²) in [5.41, 5.74) is 1.31. The molecule has 0 bridgehead atoms. The average molecular weight is 463 g/mol. The number of amides is 1. The molecule has 1 aliphatic heterocycles. The van der Waals surface area contributed by atoms with Crippen LogP contribution in [0, 0.1) is 5.82 Å². The van der Waals surface area contributed by atoms with Crippen LogP contribution < -0.4 is 4.74 Å². The first-order valence-electron chi connectivity index (χ1n) is 9.92. The molecular weight excluding hydrogens is 438 g/mol. The lowest BCUT2D eigenvalue weighted by atomic mass is 9.98. The number of nitrogens with zero attached hydrogens (tertiary/aromatic N) is 2. The fourth-order valence-electron chi connectivity index (χ4n) is 3.76. The second kappa shape index (κ2) is 11.7. The molecule has 1 aromatic heterocycles. The van der Waals surface area contributed by atoms with E-state index in [1.54, 1.807) is 35.5 Å². The number of hydrogen-bond donors (Lipinski definition) is 0. The third-order valence-electron chi connectivity index (χ3n) is 5.28. The number of hydrogen-bond acceptors (Lipinski definition) is 3. The Morgan fingerprint density at radius 3 is 2.58 bits per heavy atom. The summed E-state index contributed by atoms with van der Waals surface area (Å²) in [4.78, 5) is 19.0. The van der Waals surface area contributed by atoms with Gasteiger partial charge in [-0.05, 0) is 43.0 Å². The van der Waals surface area contributed by atoms with Crippen molar-refractivity contribution in [2.24, 2.45) is 0 Å². The predicted molar refractivity (Wildman–Crippen MR) is 125 cm³/mol. The standard InChI is InChI=1S/C24H23FN2O2.2ClH/c25-23-21(18-8-2-1-3-9-18)12-6-13-22(23)24(28)27-15-5-4-10-19(27)17-29-20-11-7-14-26-16-20;;/h1-3,6-9,11-14,16,19H,4-5,10,15,17H2;2*1H. The molecule has 3 aromatic rings. The van der Waals surface area contributed by atoms with Crippen molar-refractivity contribution in [3.63, 3.8) is 0 Å². The van der Waals surface area contributed by atoms with Crippen LogP contribution in [0.15, 0.2) is 73.1 Å². The van der Waals surface area contributed by atoms with Crippen molar-refractivity contribution in [3.05, 3.63) is 84.4 Å². The first-order valence-corrected chi connectivity index (χ1v) is 9.92. The Hall–Kier alpha value is -2.63. The second-order valence-electron chi connectivity index (χ2n) is 7.18. The normalized spacial score (nSPS) is 15.4. The van der Waals surface area contributed by atoms with Gasteiger partial charge in [0, 0.05) is 18.3 Å². The summed E-state index contributed by atoms with van der Waals surface area (Å²) >= 11 is 0. The highest BCUT2D eigenvalue weighted by atomic mass is 35.5. The zero-order valence-corrected chi connectivity index (χ0v) is 18.6. The van der Waals surface area contributed by atoms with Gasteiger partial charge in [-0.3, -0.25) is 9.78 Å². The van der Waals surface area contributed by atoms with Crippen LogP contribution in [0.1, 0.15) is 29.6 Å². The summed E-state index contributed by atoms with van der Waals surface area (Å²) in [5.74, 6) is -0.0799. The summed E-state index contributed by atoms with van der Waals surface area (Å²) in [7, 11) is 0. The van der Waals surface area contributed by atoms with Gasteiger partial charge in [-0.2, -0.15) is 0 Å². The minimum atomic E-state index is -0.471. The molecule has 0 aliphatic carbocycles. The number of aromatic nitrogens is 1. The van der Waals surface area contributed by atoms with Crippen molar-refractivity contribution >= 4 is 30.7 Å². The van der Waals surface area contributed by atoms with Crippen LogP contribution in [0.5, 0.6) is 5.75 Å². The second-order valence-corrected chi connectivity index (χ2v) is 7.18. The lowest BCUT2D eigenvalue weighted by Crippen LogP contribution is -2.47. The summed E-state index contributed by atoms with van der Waals surface area (Å²) in [6.45, 7) is 0.979. The largest absolute Gasteiger partial charge is 0.490 e. The zero-order valence-electron chi connectivity index (χ0n) is 16.9. The smallest absolute Gasteiger partial charge is 0.257 e. The third-order valence-corrected chi connectivity index (χ3v) is 5.28. The molecular formula is C24H25Cl2FN2O2. The minimum Gasteiger partial charge on any atom is -0.490 e. The Morgan fingerprint density at radius 1 is 1.03 bits per heavy atom. The molecule has 4 nitrogen and oxygen atoms in total. The molecule has 164 valence electrons. The molecule has 0 N–H and O–H groups in total. The number of piperidine rings is 1. The molecule has 1 fully saturated rings. The van der Waals surface area contributed by atoms with E-state index in [-0.39, 0.29) is 42.3 Å². The molecule has 2 heterocycles. The number of halogens is 3. The summed E-state index contributed by atoms with van der Waals surface area (Å²) in [5, 5.41) is 0. The van der Waals surface area contributed by atoms with Gasteiger partial charge in [-0.25, -0.2) is 4.39 Å². The monoisotopic (exact) mass is 462 g/mol. The van der Waals surface area contributed by atoms with E-state index in [1.165, 1.54) is 0 Å². The van der Waals surface area contributed by atoms with Gasteiger partial charge in [0.25, 0.3) is 5.91 Å². The van der Waals surface area contributed by atoms with Gasteiger partial charge in [-0.1, -0.05) is 42.5 Å². The van der Waals surface area contributed by atoms with Crippen molar-refractivity contribution in [1.29, 1.82) is 0 Å². The number of rotatable bonds is 5. The van der Waals surface area contributed by atoms with Crippen LogP contribution in [0.25, 0.3) is 11.1 Å². The number of carbonyl (C=O) groups is 1. The molecule has 4 rings (SSSR count). The number of likely N-dealkylation sites (tertiary alicyclic amines) is 1. The molecule has 1 aliphatic rings. The maximum absolute atomic E-state index is 15.3. The molecule has 0 radical (unpaired) electrons. The molecule has 31 heavy (non-hydrogen) atoms. The van der Waals surface area contributed by atoms with E-state index in [1.807, 2.05) is 42.5 Å². The maximum Gasteiger partial charge on any atom is 0.257 e. The van der Waals surface area contributed by atoms with Crippen molar-refractivity contribution < 1.29 is 13.9 Å². The Bertz CT molecular complexity index is 974. The van der Waals surface area contributed by atoms with Crippen molar-refractivity contribution in [2.45, 2.75) is 25.3 Å². The maximum atomic E-state index is 15.3. The Balaban J connectivity index is 0.00000171. The van der Waals surface area contributed by atoms with Gasteiger partial charge in [0.15, 0.2) is 0 Å².